The molecule has 0 amide bonds. The first-order chi connectivity index (χ1) is 14.4. The summed E-state index contributed by atoms with van der Waals surface area (Å²) in [5.74, 6) is -1.50. The van der Waals surface area contributed by atoms with E-state index in [1.165, 1.54) is 12.3 Å². The Hall–Kier alpha value is -3.26. The molecule has 0 saturated carbocycles. The third kappa shape index (κ3) is 3.78. The highest BCUT2D eigenvalue weighted by atomic mass is 35.5. The van der Waals surface area contributed by atoms with Gasteiger partial charge in [0.15, 0.2) is 17.1 Å². The highest BCUT2D eigenvalue weighted by Crippen LogP contribution is 2.40. The van der Waals surface area contributed by atoms with Gasteiger partial charge in [-0.05, 0) is 41.0 Å². The number of aliphatic imine (C=N–C) groups is 1. The van der Waals surface area contributed by atoms with E-state index in [1.54, 1.807) is 18.3 Å². The largest absolute Gasteiger partial charge is 0.462 e. The number of hydrogen-bond donors (Lipinski definition) is 1. The second-order valence-electron chi connectivity index (χ2n) is 6.60. The number of nitrogens with zero attached hydrogens (tertiary/aromatic N) is 2. The molecule has 2 heterocycles. The van der Waals surface area contributed by atoms with Gasteiger partial charge in [-0.15, -0.1) is 0 Å². The van der Waals surface area contributed by atoms with Gasteiger partial charge in [-0.3, -0.25) is 4.98 Å². The number of halogens is 4. The number of ether oxygens (including phenoxy) is 2. The molecule has 2 aromatic carbocycles. The molecule has 1 aromatic heterocycles. The van der Waals surface area contributed by atoms with Crippen molar-refractivity contribution in [2.75, 3.05) is 6.61 Å². The Balaban J connectivity index is 1.81. The van der Waals surface area contributed by atoms with Gasteiger partial charge >= 0.3 is 6.61 Å². The predicted octanol–water partition coefficient (Wildman–Crippen LogP) is 4.73. The maximum absolute atomic E-state index is 14.4. The van der Waals surface area contributed by atoms with Crippen molar-refractivity contribution in [2.24, 2.45) is 10.7 Å². The van der Waals surface area contributed by atoms with Crippen LogP contribution in [0.1, 0.15) is 11.1 Å². The summed E-state index contributed by atoms with van der Waals surface area (Å²) in [6, 6.07) is 12.7. The fourth-order valence-corrected chi connectivity index (χ4v) is 3.54. The first-order valence-electron chi connectivity index (χ1n) is 8.82. The Morgan fingerprint density at radius 3 is 2.53 bits per heavy atom. The maximum Gasteiger partial charge on any atom is 0.387 e. The van der Waals surface area contributed by atoms with Gasteiger partial charge in [0, 0.05) is 18.0 Å². The van der Waals surface area contributed by atoms with Crippen LogP contribution in [0.5, 0.6) is 5.75 Å². The van der Waals surface area contributed by atoms with E-state index in [9.17, 15) is 13.2 Å². The molecule has 0 unspecified atom stereocenters. The second-order valence-corrected chi connectivity index (χ2v) is 7.03. The standard InChI is InChI=1S/C21H15ClF3N3O2/c22-16-7-13(9-27-10-16)12-2-1-3-14(6-12)21(11-29-20(26)28-21)15-4-5-18(17(23)8-15)30-19(24)25/h1-10,19H,11H2,(H2,26,28)/t21-/m0/s1. The molecule has 1 aliphatic rings. The lowest BCUT2D eigenvalue weighted by Crippen LogP contribution is -2.27. The zero-order chi connectivity index (χ0) is 21.3. The van der Waals surface area contributed by atoms with E-state index in [-0.39, 0.29) is 12.6 Å². The summed E-state index contributed by atoms with van der Waals surface area (Å²) in [5, 5.41) is 0.482. The number of pyridine rings is 1. The minimum absolute atomic E-state index is 0.0184. The number of hydrogen-bond acceptors (Lipinski definition) is 5. The van der Waals surface area contributed by atoms with Crippen molar-refractivity contribution in [1.29, 1.82) is 0 Å². The van der Waals surface area contributed by atoms with Crippen LogP contribution in [0.2, 0.25) is 5.02 Å². The van der Waals surface area contributed by atoms with E-state index in [2.05, 4.69) is 14.7 Å². The summed E-state index contributed by atoms with van der Waals surface area (Å²) in [7, 11) is 0. The molecule has 30 heavy (non-hydrogen) atoms. The van der Waals surface area contributed by atoms with Gasteiger partial charge in [0.1, 0.15) is 6.61 Å². The smallest absolute Gasteiger partial charge is 0.387 e. The van der Waals surface area contributed by atoms with E-state index < -0.39 is 23.7 Å². The number of amidine groups is 1. The molecule has 3 aromatic rings. The molecule has 1 aliphatic heterocycles. The van der Waals surface area contributed by atoms with Crippen LogP contribution in [0, 0.1) is 5.82 Å². The average Bonchev–Trinajstić information content (AvgIpc) is 3.12. The molecule has 9 heteroatoms. The van der Waals surface area contributed by atoms with Crippen LogP contribution in [0.25, 0.3) is 11.1 Å². The molecule has 4 rings (SSSR count). The summed E-state index contributed by atoms with van der Waals surface area (Å²) in [4.78, 5) is 8.51. The first kappa shape index (κ1) is 20.0. The van der Waals surface area contributed by atoms with Crippen LogP contribution in [0.3, 0.4) is 0 Å². The maximum atomic E-state index is 14.4. The van der Waals surface area contributed by atoms with E-state index in [0.717, 1.165) is 23.3 Å². The van der Waals surface area contributed by atoms with Crippen molar-refractivity contribution in [3.8, 4) is 16.9 Å². The molecule has 0 saturated heterocycles. The number of benzene rings is 2. The van der Waals surface area contributed by atoms with Crippen molar-refractivity contribution < 1.29 is 22.6 Å². The third-order valence-electron chi connectivity index (χ3n) is 4.73. The lowest BCUT2D eigenvalue weighted by Gasteiger charge is -2.26. The van der Waals surface area contributed by atoms with E-state index in [1.807, 2.05) is 18.2 Å². The molecule has 154 valence electrons. The number of nitrogens with two attached hydrogens (primary N) is 1. The Kier molecular flexibility index (Phi) is 5.26. The number of rotatable bonds is 5. The second kappa shape index (κ2) is 7.87. The molecular formula is C21H15ClF3N3O2. The monoisotopic (exact) mass is 433 g/mol. The summed E-state index contributed by atoms with van der Waals surface area (Å²) in [5.41, 5.74) is 7.25. The molecule has 5 nitrogen and oxygen atoms in total. The fraction of sp³-hybridized carbons (Fsp3) is 0.143. The Morgan fingerprint density at radius 1 is 1.07 bits per heavy atom. The van der Waals surface area contributed by atoms with Gasteiger partial charge in [-0.25, -0.2) is 9.38 Å². The SMILES string of the molecule is NC1=N[C@@](c2cccc(-c3cncc(Cl)c3)c2)(c2ccc(OC(F)F)c(F)c2)CO1. The zero-order valence-electron chi connectivity index (χ0n) is 15.4. The van der Waals surface area contributed by atoms with Crippen LogP contribution in [0.4, 0.5) is 13.2 Å². The Labute approximate surface area is 174 Å². The van der Waals surface area contributed by atoms with E-state index in [4.69, 9.17) is 22.1 Å². The Morgan fingerprint density at radius 2 is 1.87 bits per heavy atom. The number of aromatic nitrogens is 1. The number of alkyl halides is 2. The highest BCUT2D eigenvalue weighted by molar-refractivity contribution is 6.30. The van der Waals surface area contributed by atoms with Crippen molar-refractivity contribution >= 4 is 17.6 Å². The molecule has 0 bridgehead atoms. The molecule has 1 atom stereocenters. The van der Waals surface area contributed by atoms with Crippen LogP contribution >= 0.6 is 11.6 Å². The van der Waals surface area contributed by atoms with Crippen molar-refractivity contribution in [1.82, 2.24) is 4.98 Å². The quantitative estimate of drug-likeness (QED) is 0.631. The van der Waals surface area contributed by atoms with Crippen LogP contribution in [-0.2, 0) is 10.3 Å². The minimum atomic E-state index is -3.13. The van der Waals surface area contributed by atoms with E-state index in [0.29, 0.717) is 16.1 Å². The summed E-state index contributed by atoms with van der Waals surface area (Å²) in [6.07, 6.45) is 3.19. The van der Waals surface area contributed by atoms with Gasteiger partial charge in [0.25, 0.3) is 6.02 Å². The predicted molar refractivity (Wildman–Crippen MR) is 106 cm³/mol. The van der Waals surface area contributed by atoms with Gasteiger partial charge in [0.05, 0.1) is 5.02 Å². The fourth-order valence-electron chi connectivity index (χ4n) is 3.37. The average molecular weight is 434 g/mol. The van der Waals surface area contributed by atoms with Crippen LogP contribution < -0.4 is 10.5 Å². The van der Waals surface area contributed by atoms with Crippen LogP contribution in [0.15, 0.2) is 65.9 Å². The van der Waals surface area contributed by atoms with Gasteiger partial charge in [-0.1, -0.05) is 35.9 Å². The highest BCUT2D eigenvalue weighted by Gasteiger charge is 2.40. The lowest BCUT2D eigenvalue weighted by molar-refractivity contribution is -0.0522. The minimum Gasteiger partial charge on any atom is -0.462 e. The molecular weight excluding hydrogens is 419 g/mol. The molecule has 0 aliphatic carbocycles. The summed E-state index contributed by atoms with van der Waals surface area (Å²) in [6.45, 7) is -3.12. The van der Waals surface area contributed by atoms with Gasteiger partial charge in [-0.2, -0.15) is 8.78 Å². The van der Waals surface area contributed by atoms with E-state index >= 15 is 0 Å². The summed E-state index contributed by atoms with van der Waals surface area (Å²) < 4.78 is 49.0. The third-order valence-corrected chi connectivity index (χ3v) is 4.94. The topological polar surface area (TPSA) is 69.7 Å². The van der Waals surface area contributed by atoms with Crippen molar-refractivity contribution in [3.63, 3.8) is 0 Å². The molecule has 0 fully saturated rings. The molecule has 2 N–H and O–H groups in total. The first-order valence-corrected chi connectivity index (χ1v) is 9.19. The Bertz CT molecular complexity index is 1130. The van der Waals surface area contributed by atoms with Crippen LogP contribution in [-0.4, -0.2) is 24.2 Å². The van der Waals surface area contributed by atoms with Crippen molar-refractivity contribution in [3.05, 3.63) is 82.9 Å². The zero-order valence-corrected chi connectivity index (χ0v) is 16.1. The van der Waals surface area contributed by atoms with Gasteiger partial charge < -0.3 is 15.2 Å². The normalized spacial score (nSPS) is 18.2. The summed E-state index contributed by atoms with van der Waals surface area (Å²) >= 11 is 6.04. The molecule has 0 radical (unpaired) electrons. The molecule has 0 spiro atoms. The van der Waals surface area contributed by atoms with Gasteiger partial charge in [0.2, 0.25) is 0 Å². The lowest BCUT2D eigenvalue weighted by atomic mass is 9.83. The van der Waals surface area contributed by atoms with Crippen molar-refractivity contribution in [2.45, 2.75) is 12.2 Å².